The van der Waals surface area contributed by atoms with Crippen LogP contribution in [0.5, 0.6) is 0 Å². The zero-order chi connectivity index (χ0) is 14.7. The predicted molar refractivity (Wildman–Crippen MR) is 85.9 cm³/mol. The highest BCUT2D eigenvalue weighted by atomic mass is 16.1. The first-order valence-electron chi connectivity index (χ1n) is 6.85. The van der Waals surface area contributed by atoms with Crippen LogP contribution in [0.2, 0.25) is 0 Å². The highest BCUT2D eigenvalue weighted by molar-refractivity contribution is 6.03. The number of benzene rings is 2. The number of amides is 1. The molecule has 2 aromatic carbocycles. The molecule has 0 aliphatic heterocycles. The summed E-state index contributed by atoms with van der Waals surface area (Å²) in [6.07, 6.45) is 3.56. The van der Waals surface area contributed by atoms with Crippen molar-refractivity contribution in [2.24, 2.45) is 0 Å². The number of aromatic nitrogens is 1. The Morgan fingerprint density at radius 3 is 2.62 bits per heavy atom. The summed E-state index contributed by atoms with van der Waals surface area (Å²) in [4.78, 5) is 15.1. The minimum atomic E-state index is -0.114. The van der Waals surface area contributed by atoms with E-state index >= 15 is 0 Å². The second kappa shape index (κ2) is 5.67. The van der Waals surface area contributed by atoms with Gasteiger partial charge in [0.25, 0.3) is 0 Å². The number of carbonyl (C=O) groups is 1. The fraction of sp³-hybridized carbons (Fsp3) is 0.0556. The number of hydrogen-bond donors (Lipinski definition) is 2. The lowest BCUT2D eigenvalue weighted by Crippen LogP contribution is -2.15. The van der Waals surface area contributed by atoms with Gasteiger partial charge in [-0.25, -0.2) is 0 Å². The first kappa shape index (κ1) is 13.2. The van der Waals surface area contributed by atoms with Crippen molar-refractivity contribution in [1.82, 2.24) is 10.3 Å². The van der Waals surface area contributed by atoms with Crippen molar-refractivity contribution in [2.75, 3.05) is 7.05 Å². The Bertz CT molecular complexity index is 800. The minimum Gasteiger partial charge on any atom is -0.361 e. The second-order valence-corrected chi connectivity index (χ2v) is 4.79. The molecule has 3 heteroatoms. The van der Waals surface area contributed by atoms with E-state index in [2.05, 4.69) is 16.4 Å². The van der Waals surface area contributed by atoms with Crippen LogP contribution in [0, 0.1) is 0 Å². The fourth-order valence-electron chi connectivity index (χ4n) is 2.45. The average molecular weight is 276 g/mol. The Morgan fingerprint density at radius 1 is 1.05 bits per heavy atom. The van der Waals surface area contributed by atoms with Crippen molar-refractivity contribution in [3.63, 3.8) is 0 Å². The zero-order valence-corrected chi connectivity index (χ0v) is 11.8. The van der Waals surface area contributed by atoms with Crippen LogP contribution in [0.4, 0.5) is 0 Å². The van der Waals surface area contributed by atoms with Gasteiger partial charge in [0.1, 0.15) is 0 Å². The molecule has 0 aliphatic rings. The Hall–Kier alpha value is -2.81. The number of aromatic amines is 1. The molecule has 0 radical (unpaired) electrons. The Kier molecular flexibility index (Phi) is 3.56. The first-order chi connectivity index (χ1) is 10.3. The quantitative estimate of drug-likeness (QED) is 0.708. The van der Waals surface area contributed by atoms with E-state index in [1.165, 1.54) is 0 Å². The van der Waals surface area contributed by atoms with E-state index in [-0.39, 0.29) is 5.91 Å². The summed E-state index contributed by atoms with van der Waals surface area (Å²) in [6, 6.07) is 18.1. The number of fused-ring (bicyclic) bond motifs is 1. The molecule has 0 saturated heterocycles. The molecular weight excluding hydrogens is 260 g/mol. The van der Waals surface area contributed by atoms with Crippen molar-refractivity contribution >= 4 is 22.4 Å². The summed E-state index contributed by atoms with van der Waals surface area (Å²) >= 11 is 0. The summed E-state index contributed by atoms with van der Waals surface area (Å²) in [5.74, 6) is -0.114. The van der Waals surface area contributed by atoms with E-state index in [1.807, 2.05) is 54.7 Å². The molecule has 3 rings (SSSR count). The molecule has 2 N–H and O–H groups in total. The third kappa shape index (κ3) is 2.58. The smallest absolute Gasteiger partial charge is 0.244 e. The third-order valence-corrected chi connectivity index (χ3v) is 3.48. The maximum absolute atomic E-state index is 11.8. The van der Waals surface area contributed by atoms with E-state index in [1.54, 1.807) is 13.1 Å². The number of likely N-dealkylation sites (N-methyl/N-ethyl adjacent to an activating group) is 1. The molecular formula is C18H16N2O. The molecule has 1 amide bonds. The summed E-state index contributed by atoms with van der Waals surface area (Å²) in [5.41, 5.74) is 3.98. The lowest BCUT2D eigenvalue weighted by molar-refractivity contribution is -0.116. The van der Waals surface area contributed by atoms with Gasteiger partial charge in [-0.1, -0.05) is 48.5 Å². The lowest BCUT2D eigenvalue weighted by atomic mass is 9.96. The molecule has 0 saturated carbocycles. The summed E-state index contributed by atoms with van der Waals surface area (Å²) in [5, 5.41) is 3.78. The highest BCUT2D eigenvalue weighted by Crippen LogP contribution is 2.29. The van der Waals surface area contributed by atoms with Crippen LogP contribution in [0.25, 0.3) is 16.5 Å². The first-order valence-corrected chi connectivity index (χ1v) is 6.85. The second-order valence-electron chi connectivity index (χ2n) is 4.79. The number of H-pyrrole nitrogens is 1. The number of rotatable bonds is 3. The van der Waals surface area contributed by atoms with Gasteiger partial charge in [0.15, 0.2) is 0 Å². The zero-order valence-electron chi connectivity index (χ0n) is 11.8. The largest absolute Gasteiger partial charge is 0.361 e. The van der Waals surface area contributed by atoms with Gasteiger partial charge in [-0.05, 0) is 22.6 Å². The summed E-state index contributed by atoms with van der Waals surface area (Å²) in [6.45, 7) is 0. The maximum atomic E-state index is 11.8. The van der Waals surface area contributed by atoms with Gasteiger partial charge in [0.2, 0.25) is 5.91 Å². The molecule has 104 valence electrons. The van der Waals surface area contributed by atoms with Crippen molar-refractivity contribution in [3.05, 3.63) is 78.0 Å². The van der Waals surface area contributed by atoms with Crippen LogP contribution in [-0.2, 0) is 4.79 Å². The molecule has 1 aromatic heterocycles. The van der Waals surface area contributed by atoms with Crippen molar-refractivity contribution in [2.45, 2.75) is 0 Å². The Morgan fingerprint density at radius 2 is 1.86 bits per heavy atom. The molecule has 0 atom stereocenters. The van der Waals surface area contributed by atoms with Crippen LogP contribution in [0.1, 0.15) is 11.1 Å². The summed E-state index contributed by atoms with van der Waals surface area (Å²) < 4.78 is 0. The van der Waals surface area contributed by atoms with E-state index < -0.39 is 0 Å². The van der Waals surface area contributed by atoms with E-state index in [0.717, 1.165) is 27.6 Å². The number of hydrogen-bond acceptors (Lipinski definition) is 1. The van der Waals surface area contributed by atoms with E-state index in [4.69, 9.17) is 0 Å². The molecule has 0 bridgehead atoms. The van der Waals surface area contributed by atoms with Gasteiger partial charge in [-0.15, -0.1) is 0 Å². The monoisotopic (exact) mass is 276 g/mol. The Labute approximate surface area is 123 Å². The van der Waals surface area contributed by atoms with E-state index in [0.29, 0.717) is 0 Å². The number of carbonyl (C=O) groups excluding carboxylic acids is 1. The topological polar surface area (TPSA) is 44.9 Å². The van der Waals surface area contributed by atoms with Gasteiger partial charge >= 0.3 is 0 Å². The average Bonchev–Trinajstić information content (AvgIpc) is 3.02. The van der Waals surface area contributed by atoms with Crippen LogP contribution in [0.3, 0.4) is 0 Å². The van der Waals surface area contributed by atoms with Crippen molar-refractivity contribution < 1.29 is 4.79 Å². The molecule has 1 heterocycles. The van der Waals surface area contributed by atoms with Crippen LogP contribution < -0.4 is 5.32 Å². The summed E-state index contributed by atoms with van der Waals surface area (Å²) in [7, 11) is 1.64. The molecule has 0 aliphatic carbocycles. The van der Waals surface area contributed by atoms with E-state index in [9.17, 15) is 4.79 Å². The fourth-order valence-corrected chi connectivity index (χ4v) is 2.45. The van der Waals surface area contributed by atoms with Gasteiger partial charge in [0.05, 0.1) is 5.52 Å². The third-order valence-electron chi connectivity index (χ3n) is 3.48. The Balaban J connectivity index is 2.23. The normalized spacial score (nSPS) is 11.6. The predicted octanol–water partition coefficient (Wildman–Crippen LogP) is 3.35. The molecule has 0 unspecified atom stereocenters. The van der Waals surface area contributed by atoms with Crippen LogP contribution >= 0.6 is 0 Å². The van der Waals surface area contributed by atoms with Gasteiger partial charge in [-0.2, -0.15) is 0 Å². The van der Waals surface area contributed by atoms with Gasteiger partial charge in [0, 0.05) is 24.9 Å². The number of para-hydroxylation sites is 1. The molecule has 3 aromatic rings. The molecule has 0 spiro atoms. The minimum absolute atomic E-state index is 0.114. The van der Waals surface area contributed by atoms with Crippen LogP contribution in [0.15, 0.2) is 66.9 Å². The molecule has 3 nitrogen and oxygen atoms in total. The maximum Gasteiger partial charge on any atom is 0.244 e. The highest BCUT2D eigenvalue weighted by Gasteiger charge is 2.11. The standard InChI is InChI=1S/C18H16N2O/c1-19-17(21)12-16(13-6-3-2-4-7-13)15-9-5-8-14-10-11-20-18(14)15/h2-12,20H,1H3,(H,19,21). The van der Waals surface area contributed by atoms with Gasteiger partial charge in [-0.3, -0.25) is 4.79 Å². The van der Waals surface area contributed by atoms with Crippen molar-refractivity contribution in [3.8, 4) is 0 Å². The SMILES string of the molecule is CNC(=O)C=C(c1ccccc1)c1cccc2cc[nH]c12. The van der Waals surface area contributed by atoms with Gasteiger partial charge < -0.3 is 10.3 Å². The molecule has 0 fully saturated rings. The molecule has 21 heavy (non-hydrogen) atoms. The van der Waals surface area contributed by atoms with Crippen molar-refractivity contribution in [1.29, 1.82) is 0 Å². The number of nitrogens with one attached hydrogen (secondary N) is 2. The lowest BCUT2D eigenvalue weighted by Gasteiger charge is -2.10. The van der Waals surface area contributed by atoms with Crippen LogP contribution in [-0.4, -0.2) is 17.9 Å².